The largest absolute Gasteiger partial charge is 0.444 e. The van der Waals surface area contributed by atoms with Crippen molar-refractivity contribution in [2.45, 2.75) is 38.8 Å². The minimum atomic E-state index is -0.469. The molecule has 118 valence electrons. The second-order valence-electron chi connectivity index (χ2n) is 6.54. The van der Waals surface area contributed by atoms with E-state index in [9.17, 15) is 4.79 Å². The Kier molecular flexibility index (Phi) is 3.68. The molecule has 0 spiro atoms. The third-order valence-corrected chi connectivity index (χ3v) is 3.46. The minimum absolute atomic E-state index is 0.126. The summed E-state index contributed by atoms with van der Waals surface area (Å²) in [5, 5.41) is 3.25. The highest BCUT2D eigenvalue weighted by Gasteiger charge is 2.30. The van der Waals surface area contributed by atoms with E-state index in [1.807, 2.05) is 45.0 Å². The Morgan fingerprint density at radius 1 is 1.41 bits per heavy atom. The van der Waals surface area contributed by atoms with Gasteiger partial charge in [-0.05, 0) is 39.3 Å². The van der Waals surface area contributed by atoms with E-state index in [2.05, 4.69) is 10.3 Å². The number of fused-ring (bicyclic) bond motifs is 1. The van der Waals surface area contributed by atoms with Gasteiger partial charge in [-0.1, -0.05) is 12.1 Å². The number of likely N-dealkylation sites (tertiary alicyclic amines) is 1. The van der Waals surface area contributed by atoms with E-state index in [1.54, 1.807) is 4.90 Å². The zero-order chi connectivity index (χ0) is 15.7. The summed E-state index contributed by atoms with van der Waals surface area (Å²) in [5.41, 5.74) is 1.11. The molecule has 0 aliphatic carbocycles. The molecule has 0 unspecified atom stereocenters. The first-order valence-electron chi connectivity index (χ1n) is 7.51. The molecule has 1 aromatic carbocycles. The van der Waals surface area contributed by atoms with Gasteiger partial charge in [0.25, 0.3) is 6.01 Å². The Morgan fingerprint density at radius 3 is 2.91 bits per heavy atom. The monoisotopic (exact) mass is 303 g/mol. The zero-order valence-electron chi connectivity index (χ0n) is 13.1. The molecule has 1 aromatic heterocycles. The van der Waals surface area contributed by atoms with Gasteiger partial charge in [-0.15, -0.1) is 0 Å². The van der Waals surface area contributed by atoms with Gasteiger partial charge in [0.05, 0.1) is 0 Å². The number of nitrogens with one attached hydrogen (secondary N) is 1. The first kappa shape index (κ1) is 14.7. The van der Waals surface area contributed by atoms with Crippen LogP contribution in [0.25, 0.3) is 11.1 Å². The van der Waals surface area contributed by atoms with Crippen molar-refractivity contribution in [3.63, 3.8) is 0 Å². The van der Waals surface area contributed by atoms with Gasteiger partial charge in [0.2, 0.25) is 0 Å². The van der Waals surface area contributed by atoms with Crippen LogP contribution in [0.5, 0.6) is 0 Å². The quantitative estimate of drug-likeness (QED) is 0.922. The molecule has 1 aliphatic rings. The molecular formula is C16H21N3O3. The average molecular weight is 303 g/mol. The van der Waals surface area contributed by atoms with E-state index in [4.69, 9.17) is 9.15 Å². The van der Waals surface area contributed by atoms with Gasteiger partial charge in [-0.2, -0.15) is 4.98 Å². The molecule has 0 bridgehead atoms. The van der Waals surface area contributed by atoms with Crippen LogP contribution in [0.4, 0.5) is 10.8 Å². The Morgan fingerprint density at radius 2 is 2.18 bits per heavy atom. The number of aromatic nitrogens is 1. The summed E-state index contributed by atoms with van der Waals surface area (Å²) in [6.45, 7) is 6.87. The van der Waals surface area contributed by atoms with Crippen LogP contribution < -0.4 is 5.32 Å². The molecule has 2 aromatic rings. The van der Waals surface area contributed by atoms with Crippen molar-refractivity contribution in [1.82, 2.24) is 9.88 Å². The molecular weight excluding hydrogens is 282 g/mol. The fourth-order valence-electron chi connectivity index (χ4n) is 2.48. The molecule has 1 aliphatic heterocycles. The van der Waals surface area contributed by atoms with Crippen LogP contribution in [0.15, 0.2) is 28.7 Å². The summed E-state index contributed by atoms with van der Waals surface area (Å²) in [5.74, 6) is 0. The molecule has 22 heavy (non-hydrogen) atoms. The van der Waals surface area contributed by atoms with Gasteiger partial charge in [0.15, 0.2) is 5.58 Å². The second-order valence-corrected chi connectivity index (χ2v) is 6.54. The number of ether oxygens (including phenoxy) is 1. The normalized spacial score (nSPS) is 18.7. The highest BCUT2D eigenvalue weighted by molar-refractivity contribution is 5.74. The van der Waals surface area contributed by atoms with Crippen molar-refractivity contribution >= 4 is 23.2 Å². The standard InChI is InChI=1S/C16H21N3O3/c1-16(2,3)22-15(20)19-9-8-11(10-19)17-14-18-12-6-4-5-7-13(12)21-14/h4-7,11H,8-10H2,1-3H3,(H,17,18)/t11-/m0/s1. The fraction of sp³-hybridized carbons (Fsp3) is 0.500. The van der Waals surface area contributed by atoms with Crippen molar-refractivity contribution < 1.29 is 13.9 Å². The molecule has 3 rings (SSSR count). The maximum absolute atomic E-state index is 12.0. The van der Waals surface area contributed by atoms with Gasteiger partial charge < -0.3 is 19.4 Å². The Balaban J connectivity index is 1.60. The molecule has 6 nitrogen and oxygen atoms in total. The molecule has 0 radical (unpaired) electrons. The maximum atomic E-state index is 12.0. The number of nitrogens with zero attached hydrogens (tertiary/aromatic N) is 2. The van der Waals surface area contributed by atoms with Crippen LogP contribution in [-0.2, 0) is 4.74 Å². The first-order chi connectivity index (χ1) is 10.4. The minimum Gasteiger partial charge on any atom is -0.444 e. The highest BCUT2D eigenvalue weighted by atomic mass is 16.6. The van der Waals surface area contributed by atoms with Crippen LogP contribution in [0.1, 0.15) is 27.2 Å². The number of rotatable bonds is 2. The number of anilines is 1. The Labute approximate surface area is 129 Å². The molecule has 1 amide bonds. The zero-order valence-corrected chi connectivity index (χ0v) is 13.1. The molecule has 1 saturated heterocycles. The maximum Gasteiger partial charge on any atom is 0.410 e. The number of hydrogen-bond donors (Lipinski definition) is 1. The van der Waals surface area contributed by atoms with Crippen molar-refractivity contribution in [2.24, 2.45) is 0 Å². The molecule has 2 heterocycles. The number of carbonyl (C=O) groups is 1. The Hall–Kier alpha value is -2.24. The fourth-order valence-corrected chi connectivity index (χ4v) is 2.48. The topological polar surface area (TPSA) is 67.6 Å². The van der Waals surface area contributed by atoms with Crippen LogP contribution in [0, 0.1) is 0 Å². The molecule has 6 heteroatoms. The van der Waals surface area contributed by atoms with Crippen molar-refractivity contribution in [1.29, 1.82) is 0 Å². The number of carbonyl (C=O) groups excluding carboxylic acids is 1. The summed E-state index contributed by atoms with van der Waals surface area (Å²) < 4.78 is 11.0. The number of oxazole rings is 1. The third kappa shape index (κ3) is 3.32. The summed E-state index contributed by atoms with van der Waals surface area (Å²) in [6.07, 6.45) is 0.576. The van der Waals surface area contributed by atoms with E-state index < -0.39 is 5.60 Å². The number of amides is 1. The second kappa shape index (κ2) is 5.51. The summed E-state index contributed by atoms with van der Waals surface area (Å²) in [4.78, 5) is 18.1. The van der Waals surface area contributed by atoms with Crippen molar-refractivity contribution in [3.05, 3.63) is 24.3 Å². The molecule has 1 fully saturated rings. The average Bonchev–Trinajstić information content (AvgIpc) is 3.02. The SMILES string of the molecule is CC(C)(C)OC(=O)N1CC[C@H](Nc2nc3ccccc3o2)C1. The van der Waals surface area contributed by atoms with E-state index in [0.717, 1.165) is 17.5 Å². The third-order valence-electron chi connectivity index (χ3n) is 3.46. The van der Waals surface area contributed by atoms with E-state index in [-0.39, 0.29) is 12.1 Å². The van der Waals surface area contributed by atoms with Crippen molar-refractivity contribution in [3.8, 4) is 0 Å². The lowest BCUT2D eigenvalue weighted by Crippen LogP contribution is -2.36. The van der Waals surface area contributed by atoms with E-state index >= 15 is 0 Å². The van der Waals surface area contributed by atoms with Gasteiger partial charge >= 0.3 is 6.09 Å². The lowest BCUT2D eigenvalue weighted by molar-refractivity contribution is 0.0293. The van der Waals surface area contributed by atoms with E-state index in [0.29, 0.717) is 19.1 Å². The number of benzene rings is 1. The first-order valence-corrected chi connectivity index (χ1v) is 7.51. The molecule has 1 N–H and O–H groups in total. The smallest absolute Gasteiger partial charge is 0.410 e. The highest BCUT2D eigenvalue weighted by Crippen LogP contribution is 2.22. The number of para-hydroxylation sites is 2. The summed E-state index contributed by atoms with van der Waals surface area (Å²) in [6, 6.07) is 8.25. The summed E-state index contributed by atoms with van der Waals surface area (Å²) in [7, 11) is 0. The van der Waals surface area contributed by atoms with Crippen LogP contribution in [0.2, 0.25) is 0 Å². The predicted octanol–water partition coefficient (Wildman–Crippen LogP) is 3.25. The van der Waals surface area contributed by atoms with Gasteiger partial charge in [-0.3, -0.25) is 0 Å². The lowest BCUT2D eigenvalue weighted by atomic mass is 10.2. The van der Waals surface area contributed by atoms with Gasteiger partial charge in [0.1, 0.15) is 11.1 Å². The molecule has 1 atom stereocenters. The van der Waals surface area contributed by atoms with Crippen molar-refractivity contribution in [2.75, 3.05) is 18.4 Å². The number of hydrogen-bond acceptors (Lipinski definition) is 5. The van der Waals surface area contributed by atoms with Crippen LogP contribution in [-0.4, -0.2) is 40.7 Å². The Bertz CT molecular complexity index is 642. The van der Waals surface area contributed by atoms with E-state index in [1.165, 1.54) is 0 Å². The predicted molar refractivity (Wildman–Crippen MR) is 83.8 cm³/mol. The van der Waals surface area contributed by atoms with Crippen LogP contribution in [0.3, 0.4) is 0 Å². The molecule has 0 saturated carbocycles. The summed E-state index contributed by atoms with van der Waals surface area (Å²) >= 11 is 0. The van der Waals surface area contributed by atoms with Gasteiger partial charge in [0, 0.05) is 19.1 Å². The van der Waals surface area contributed by atoms with Crippen LogP contribution >= 0.6 is 0 Å². The lowest BCUT2D eigenvalue weighted by Gasteiger charge is -2.24. The van der Waals surface area contributed by atoms with Gasteiger partial charge in [-0.25, -0.2) is 4.79 Å².